The second kappa shape index (κ2) is 13.2. The molecule has 12 heteroatoms. The number of hydrogen-bond acceptors (Lipinski definition) is 5. The number of ether oxygens (including phenoxy) is 2. The molecule has 3 aromatic carbocycles. The Morgan fingerprint density at radius 3 is 2.17 bits per heavy atom. The molecule has 0 aliphatic heterocycles. The highest BCUT2D eigenvalue weighted by molar-refractivity contribution is 6.34. The van der Waals surface area contributed by atoms with E-state index >= 15 is 0 Å². The number of carbonyl (C=O) groups is 2. The van der Waals surface area contributed by atoms with Crippen molar-refractivity contribution in [2.24, 2.45) is 11.5 Å². The van der Waals surface area contributed by atoms with Crippen LogP contribution in [0.4, 0.5) is 0 Å². The van der Waals surface area contributed by atoms with Gasteiger partial charge in [0.1, 0.15) is 23.9 Å². The minimum Gasteiger partial charge on any atom is -0.489 e. The Hall–Kier alpha value is -3.17. The van der Waals surface area contributed by atoms with Crippen LogP contribution in [0.1, 0.15) is 27.0 Å². The summed E-state index contributed by atoms with van der Waals surface area (Å²) in [7, 11) is 0. The molecule has 0 saturated carbocycles. The smallest absolute Gasteiger partial charge is 0.255 e. The average molecular weight is 572 g/mol. The van der Waals surface area contributed by atoms with Gasteiger partial charge in [-0.05, 0) is 48.0 Å². The van der Waals surface area contributed by atoms with Crippen LogP contribution >= 0.6 is 47.2 Å². The Morgan fingerprint density at radius 1 is 0.861 bits per heavy atom. The predicted molar refractivity (Wildman–Crippen MR) is 143 cm³/mol. The molecular weight excluding hydrogens is 550 g/mol. The van der Waals surface area contributed by atoms with E-state index in [0.29, 0.717) is 31.9 Å². The molecule has 0 spiro atoms. The molecule has 8 nitrogen and oxygen atoms in total. The molecule has 0 heterocycles. The Morgan fingerprint density at radius 2 is 1.53 bits per heavy atom. The number of hydrogen-bond donors (Lipinski definition) is 4. The van der Waals surface area contributed by atoms with Crippen LogP contribution in [-0.4, -0.2) is 24.3 Å². The van der Waals surface area contributed by atoms with Gasteiger partial charge in [0.2, 0.25) is 0 Å². The third kappa shape index (κ3) is 8.49. The molecule has 190 valence electrons. The number of nitrogens with one attached hydrogen (secondary N) is 2. The summed E-state index contributed by atoms with van der Waals surface area (Å²) in [5.74, 6) is -0.600. The number of nitrogen functional groups attached to an aromatic ring is 1. The van der Waals surface area contributed by atoms with Gasteiger partial charge in [0.25, 0.3) is 11.8 Å². The molecule has 0 aromatic heterocycles. The standard InChI is InChI=1S/C24H21Cl3N4O4.ClH/c25-17-3-13(4-18(26)8-17)11-34-20-6-16(5-19(27)9-20)24(33)31-10-15-2-1-14(23(29)30)7-21(15)35-12-22(28)32;/h1-9H,10-12H2,(H2,28,32)(H3,29,30)(H,31,33);1H. The van der Waals surface area contributed by atoms with Crippen LogP contribution in [0.25, 0.3) is 0 Å². The van der Waals surface area contributed by atoms with Crippen molar-refractivity contribution in [1.29, 1.82) is 5.41 Å². The van der Waals surface area contributed by atoms with Gasteiger partial charge in [-0.3, -0.25) is 15.0 Å². The van der Waals surface area contributed by atoms with Crippen molar-refractivity contribution < 1.29 is 19.1 Å². The maximum Gasteiger partial charge on any atom is 0.255 e. The molecule has 0 aliphatic rings. The van der Waals surface area contributed by atoms with Gasteiger partial charge >= 0.3 is 0 Å². The first-order valence-corrected chi connectivity index (χ1v) is 11.3. The van der Waals surface area contributed by atoms with Crippen molar-refractivity contribution in [1.82, 2.24) is 5.32 Å². The molecule has 0 bridgehead atoms. The van der Waals surface area contributed by atoms with Gasteiger partial charge < -0.3 is 26.3 Å². The summed E-state index contributed by atoms with van der Waals surface area (Å²) in [6.45, 7) is -0.130. The molecule has 0 aliphatic carbocycles. The van der Waals surface area contributed by atoms with E-state index in [9.17, 15) is 9.59 Å². The number of primary amides is 1. The lowest BCUT2D eigenvalue weighted by atomic mass is 10.1. The van der Waals surface area contributed by atoms with Crippen molar-refractivity contribution in [3.8, 4) is 11.5 Å². The quantitative estimate of drug-likeness (QED) is 0.206. The zero-order valence-electron chi connectivity index (χ0n) is 18.6. The third-order valence-electron chi connectivity index (χ3n) is 4.65. The number of rotatable bonds is 10. The van der Waals surface area contributed by atoms with Gasteiger partial charge in [0.15, 0.2) is 6.61 Å². The Balaban J connectivity index is 0.00000456. The Bertz CT molecular complexity index is 1270. The topological polar surface area (TPSA) is 141 Å². The largest absolute Gasteiger partial charge is 0.489 e. The summed E-state index contributed by atoms with van der Waals surface area (Å²) in [6.07, 6.45) is 0. The minimum atomic E-state index is -0.667. The predicted octanol–water partition coefficient (Wildman–Crippen LogP) is 4.73. The van der Waals surface area contributed by atoms with E-state index < -0.39 is 11.8 Å². The molecule has 6 N–H and O–H groups in total. The summed E-state index contributed by atoms with van der Waals surface area (Å²) in [5.41, 5.74) is 12.7. The third-order valence-corrected chi connectivity index (χ3v) is 5.30. The number of amides is 2. The number of amidine groups is 1. The number of carbonyl (C=O) groups excluding carboxylic acids is 2. The fraction of sp³-hybridized carbons (Fsp3) is 0.125. The highest BCUT2D eigenvalue weighted by Crippen LogP contribution is 2.25. The molecule has 0 atom stereocenters. The zero-order chi connectivity index (χ0) is 25.5. The van der Waals surface area contributed by atoms with Crippen LogP contribution < -0.4 is 26.3 Å². The summed E-state index contributed by atoms with van der Waals surface area (Å²) in [5, 5.41) is 11.6. The van der Waals surface area contributed by atoms with Gasteiger partial charge in [0, 0.05) is 38.3 Å². The first-order chi connectivity index (χ1) is 16.6. The zero-order valence-corrected chi connectivity index (χ0v) is 21.7. The molecular formula is C24H22Cl4N4O4. The van der Waals surface area contributed by atoms with E-state index in [4.69, 9.17) is 61.2 Å². The molecule has 3 rings (SSSR count). The normalized spacial score (nSPS) is 10.2. The Labute approximate surface area is 228 Å². The highest BCUT2D eigenvalue weighted by atomic mass is 35.5. The lowest BCUT2D eigenvalue weighted by molar-refractivity contribution is -0.119. The number of nitrogens with two attached hydrogens (primary N) is 2. The van der Waals surface area contributed by atoms with Crippen LogP contribution in [0, 0.1) is 5.41 Å². The van der Waals surface area contributed by atoms with Gasteiger partial charge in [0.05, 0.1) is 0 Å². The van der Waals surface area contributed by atoms with E-state index in [2.05, 4.69) is 5.32 Å². The van der Waals surface area contributed by atoms with E-state index in [-0.39, 0.29) is 49.3 Å². The van der Waals surface area contributed by atoms with Gasteiger partial charge in [-0.25, -0.2) is 0 Å². The lowest BCUT2D eigenvalue weighted by Gasteiger charge is -2.14. The number of halogens is 4. The van der Waals surface area contributed by atoms with Crippen LogP contribution in [0.15, 0.2) is 54.6 Å². The monoisotopic (exact) mass is 570 g/mol. The van der Waals surface area contributed by atoms with E-state index in [1.165, 1.54) is 12.1 Å². The summed E-state index contributed by atoms with van der Waals surface area (Å²) < 4.78 is 11.2. The maximum absolute atomic E-state index is 12.8. The second-order valence-corrected chi connectivity index (χ2v) is 8.73. The van der Waals surface area contributed by atoms with Crippen LogP contribution in [0.5, 0.6) is 11.5 Å². The van der Waals surface area contributed by atoms with Crippen molar-refractivity contribution in [3.05, 3.63) is 91.9 Å². The maximum atomic E-state index is 12.8. The fourth-order valence-corrected chi connectivity index (χ4v) is 3.86. The van der Waals surface area contributed by atoms with Gasteiger partial charge in [-0.15, -0.1) is 12.4 Å². The molecule has 0 saturated heterocycles. The second-order valence-electron chi connectivity index (χ2n) is 7.42. The van der Waals surface area contributed by atoms with Crippen molar-refractivity contribution in [2.45, 2.75) is 13.2 Å². The van der Waals surface area contributed by atoms with Crippen molar-refractivity contribution in [3.63, 3.8) is 0 Å². The summed E-state index contributed by atoms with van der Waals surface area (Å²) in [6, 6.07) is 14.4. The first kappa shape index (κ1) is 29.1. The highest BCUT2D eigenvalue weighted by Gasteiger charge is 2.13. The van der Waals surface area contributed by atoms with E-state index in [0.717, 1.165) is 5.56 Å². The molecule has 0 unspecified atom stereocenters. The molecule has 2 amide bonds. The first-order valence-electron chi connectivity index (χ1n) is 10.2. The van der Waals surface area contributed by atoms with E-state index in [1.807, 2.05) is 0 Å². The molecule has 0 fully saturated rings. The minimum absolute atomic E-state index is 0. The van der Waals surface area contributed by atoms with Crippen molar-refractivity contribution in [2.75, 3.05) is 6.61 Å². The molecule has 0 radical (unpaired) electrons. The van der Waals surface area contributed by atoms with Gasteiger partial charge in [-0.2, -0.15) is 0 Å². The fourth-order valence-electron chi connectivity index (χ4n) is 3.07. The Kier molecular flexibility index (Phi) is 10.7. The van der Waals surface area contributed by atoms with Crippen molar-refractivity contribution >= 4 is 64.9 Å². The lowest BCUT2D eigenvalue weighted by Crippen LogP contribution is -2.24. The van der Waals surface area contributed by atoms with Crippen LogP contribution in [-0.2, 0) is 17.9 Å². The molecule has 3 aromatic rings. The summed E-state index contributed by atoms with van der Waals surface area (Å²) in [4.78, 5) is 23.9. The summed E-state index contributed by atoms with van der Waals surface area (Å²) >= 11 is 18.2. The van der Waals surface area contributed by atoms with E-state index in [1.54, 1.807) is 42.5 Å². The average Bonchev–Trinajstić information content (AvgIpc) is 2.79. The van der Waals surface area contributed by atoms with Crippen LogP contribution in [0.3, 0.4) is 0 Å². The van der Waals surface area contributed by atoms with Gasteiger partial charge in [-0.1, -0.05) is 46.9 Å². The van der Waals surface area contributed by atoms with Crippen LogP contribution in [0.2, 0.25) is 15.1 Å². The molecule has 36 heavy (non-hydrogen) atoms. The number of benzene rings is 3. The SMILES string of the molecule is Cl.N=C(N)c1ccc(CNC(=O)c2cc(Cl)cc(OCc3cc(Cl)cc(Cl)c3)c2)c(OCC(N)=O)c1.